The summed E-state index contributed by atoms with van der Waals surface area (Å²) in [7, 11) is 0. The number of carboxylic acids is 1. The van der Waals surface area contributed by atoms with Crippen molar-refractivity contribution in [3.63, 3.8) is 0 Å². The van der Waals surface area contributed by atoms with E-state index >= 15 is 0 Å². The number of amides is 1. The van der Waals surface area contributed by atoms with Gasteiger partial charge in [0, 0.05) is 30.3 Å². The Morgan fingerprint density at radius 3 is 2.27 bits per heavy atom. The lowest BCUT2D eigenvalue weighted by atomic mass is 10.1. The van der Waals surface area contributed by atoms with Crippen molar-refractivity contribution in [3.8, 4) is 17.0 Å². The highest BCUT2D eigenvalue weighted by atomic mass is 16.5. The lowest BCUT2D eigenvalue weighted by Gasteiger charge is -2.24. The zero-order valence-electron chi connectivity index (χ0n) is 23.8. The van der Waals surface area contributed by atoms with Crippen LogP contribution in [0.2, 0.25) is 0 Å². The lowest BCUT2D eigenvalue weighted by Crippen LogP contribution is -2.38. The molecule has 8 nitrogen and oxygen atoms in total. The first-order chi connectivity index (χ1) is 19.4. The number of nitrogens with zero attached hydrogens (tertiary/aromatic N) is 3. The van der Waals surface area contributed by atoms with Crippen LogP contribution in [0.25, 0.3) is 11.3 Å². The average molecular weight is 548 g/mol. The molecule has 1 atom stereocenters. The van der Waals surface area contributed by atoms with E-state index in [1.54, 1.807) is 29.2 Å². The minimum Gasteiger partial charge on any atom is -0.479 e. The number of aryl methyl sites for hydroxylation is 1. The molecule has 3 rings (SSSR count). The number of anilines is 1. The van der Waals surface area contributed by atoms with Gasteiger partial charge in [-0.1, -0.05) is 83.2 Å². The number of ether oxygens (including phenoxy) is 1. The Morgan fingerprint density at radius 1 is 0.950 bits per heavy atom. The van der Waals surface area contributed by atoms with Gasteiger partial charge in [0.2, 0.25) is 5.91 Å². The summed E-state index contributed by atoms with van der Waals surface area (Å²) in [6, 6.07) is 17.9. The third-order valence-electron chi connectivity index (χ3n) is 6.81. The van der Waals surface area contributed by atoms with Gasteiger partial charge in [-0.2, -0.15) is 0 Å². The fourth-order valence-corrected chi connectivity index (χ4v) is 4.61. The highest BCUT2D eigenvalue weighted by molar-refractivity contribution is 5.93. The zero-order valence-corrected chi connectivity index (χ0v) is 23.8. The van der Waals surface area contributed by atoms with Crippen molar-refractivity contribution in [2.45, 2.75) is 84.8 Å². The van der Waals surface area contributed by atoms with Gasteiger partial charge in [0.1, 0.15) is 18.1 Å². The highest BCUT2D eigenvalue weighted by Crippen LogP contribution is 2.23. The monoisotopic (exact) mass is 547 g/mol. The van der Waals surface area contributed by atoms with Crippen molar-refractivity contribution < 1.29 is 19.4 Å². The average Bonchev–Trinajstić information content (AvgIpc) is 2.96. The van der Waals surface area contributed by atoms with Crippen LogP contribution < -0.4 is 15.2 Å². The summed E-state index contributed by atoms with van der Waals surface area (Å²) in [5.41, 5.74) is 1.86. The molecule has 1 aromatic heterocycles. The summed E-state index contributed by atoms with van der Waals surface area (Å²) >= 11 is 0. The summed E-state index contributed by atoms with van der Waals surface area (Å²) in [5.74, 6) is -0.212. The van der Waals surface area contributed by atoms with Gasteiger partial charge in [0.15, 0.2) is 6.10 Å². The molecule has 0 saturated heterocycles. The molecule has 0 radical (unpaired) electrons. The van der Waals surface area contributed by atoms with E-state index < -0.39 is 12.1 Å². The maximum absolute atomic E-state index is 13.7. The minimum absolute atomic E-state index is 0.116. The Balaban J connectivity index is 1.84. The second-order valence-electron chi connectivity index (χ2n) is 9.89. The van der Waals surface area contributed by atoms with E-state index in [2.05, 4.69) is 6.92 Å². The van der Waals surface area contributed by atoms with Crippen molar-refractivity contribution >= 4 is 17.6 Å². The molecule has 214 valence electrons. The first-order valence-corrected chi connectivity index (χ1v) is 14.3. The Bertz CT molecular complexity index is 1290. The van der Waals surface area contributed by atoms with E-state index in [9.17, 15) is 19.5 Å². The molecule has 0 aliphatic carbocycles. The van der Waals surface area contributed by atoms with Crippen molar-refractivity contribution in [2.75, 3.05) is 11.4 Å². The maximum Gasteiger partial charge on any atom is 0.344 e. The summed E-state index contributed by atoms with van der Waals surface area (Å²) in [5, 5.41) is 9.42. The molecule has 3 aromatic rings. The predicted molar refractivity (Wildman–Crippen MR) is 158 cm³/mol. The topological polar surface area (TPSA) is 102 Å². The van der Waals surface area contributed by atoms with Crippen LogP contribution in [-0.2, 0) is 22.6 Å². The normalized spacial score (nSPS) is 11.7. The van der Waals surface area contributed by atoms with Crippen molar-refractivity contribution in [1.29, 1.82) is 0 Å². The molecule has 1 unspecified atom stereocenters. The molecular formula is C32H41N3O5. The van der Waals surface area contributed by atoms with Gasteiger partial charge in [-0.15, -0.1) is 0 Å². The second-order valence-corrected chi connectivity index (χ2v) is 9.89. The minimum atomic E-state index is -1.00. The van der Waals surface area contributed by atoms with Crippen molar-refractivity contribution in [3.05, 3.63) is 76.8 Å². The van der Waals surface area contributed by atoms with E-state index in [1.807, 2.05) is 44.2 Å². The SMILES string of the molecule is CCCCCCCN(C(=O)Cn1c(CC)nc(-c2ccccc2)cc1=O)c1ccc(OC(CCC)C(=O)O)cc1. The summed E-state index contributed by atoms with van der Waals surface area (Å²) < 4.78 is 7.13. The van der Waals surface area contributed by atoms with Crippen LogP contribution in [-0.4, -0.2) is 39.2 Å². The van der Waals surface area contributed by atoms with E-state index in [0.717, 1.165) is 37.7 Å². The fraction of sp³-hybridized carbons (Fsp3) is 0.438. The number of carboxylic acid groups (broad SMARTS) is 1. The number of carbonyl (C=O) groups excluding carboxylic acids is 1. The van der Waals surface area contributed by atoms with Crippen LogP contribution in [0.4, 0.5) is 5.69 Å². The first-order valence-electron chi connectivity index (χ1n) is 14.3. The predicted octanol–water partition coefficient (Wildman–Crippen LogP) is 6.11. The number of hydrogen-bond donors (Lipinski definition) is 1. The standard InChI is InChI=1S/C32H41N3O5/c1-4-7-8-9-13-21-34(25-17-19-26(20-18-25)40-28(14-5-2)32(38)39)31(37)23-35-29(6-3)33-27(22-30(35)36)24-15-11-10-12-16-24/h10-12,15-20,22,28H,4-9,13-14,21,23H2,1-3H3,(H,38,39). The molecule has 1 N–H and O–H groups in total. The first kappa shape index (κ1) is 30.6. The van der Waals surface area contributed by atoms with E-state index in [1.165, 1.54) is 10.6 Å². The van der Waals surface area contributed by atoms with Gasteiger partial charge in [0.25, 0.3) is 5.56 Å². The van der Waals surface area contributed by atoms with E-state index in [4.69, 9.17) is 9.72 Å². The quantitative estimate of drug-likeness (QED) is 0.217. The molecule has 2 aromatic carbocycles. The molecule has 0 bridgehead atoms. The van der Waals surface area contributed by atoms with Gasteiger partial charge in [-0.25, -0.2) is 9.78 Å². The maximum atomic E-state index is 13.7. The van der Waals surface area contributed by atoms with Crippen LogP contribution in [0.1, 0.15) is 71.5 Å². The molecular weight excluding hydrogens is 506 g/mol. The Kier molecular flexibility index (Phi) is 11.9. The second kappa shape index (κ2) is 15.6. The van der Waals surface area contributed by atoms with Crippen LogP contribution in [0.3, 0.4) is 0 Å². The van der Waals surface area contributed by atoms with E-state index in [-0.39, 0.29) is 18.0 Å². The third-order valence-corrected chi connectivity index (χ3v) is 6.81. The molecule has 1 heterocycles. The number of hydrogen-bond acceptors (Lipinski definition) is 5. The van der Waals surface area contributed by atoms with Gasteiger partial charge < -0.3 is 14.7 Å². The van der Waals surface area contributed by atoms with Crippen LogP contribution in [0.15, 0.2) is 65.5 Å². The largest absolute Gasteiger partial charge is 0.479 e. The Morgan fingerprint density at radius 2 is 1.65 bits per heavy atom. The molecule has 0 saturated carbocycles. The zero-order chi connectivity index (χ0) is 28.9. The lowest BCUT2D eigenvalue weighted by molar-refractivity contribution is -0.145. The van der Waals surface area contributed by atoms with E-state index in [0.29, 0.717) is 48.8 Å². The van der Waals surface area contributed by atoms with Gasteiger partial charge in [0.05, 0.1) is 5.69 Å². The Labute approximate surface area is 236 Å². The number of carbonyl (C=O) groups is 2. The molecule has 1 amide bonds. The molecule has 0 aliphatic heterocycles. The van der Waals surface area contributed by atoms with Gasteiger partial charge in [-0.05, 0) is 37.1 Å². The number of unbranched alkanes of at least 4 members (excludes halogenated alkanes) is 4. The van der Waals surface area contributed by atoms with Crippen LogP contribution >= 0.6 is 0 Å². The van der Waals surface area contributed by atoms with Crippen LogP contribution in [0, 0.1) is 0 Å². The van der Waals surface area contributed by atoms with Crippen molar-refractivity contribution in [1.82, 2.24) is 9.55 Å². The number of rotatable bonds is 16. The van der Waals surface area contributed by atoms with Crippen molar-refractivity contribution in [2.24, 2.45) is 0 Å². The summed E-state index contributed by atoms with van der Waals surface area (Å²) in [6.45, 7) is 6.39. The molecule has 0 fully saturated rings. The molecule has 8 heteroatoms. The number of benzene rings is 2. The smallest absolute Gasteiger partial charge is 0.344 e. The fourth-order valence-electron chi connectivity index (χ4n) is 4.61. The molecule has 0 spiro atoms. The molecule has 0 aliphatic rings. The summed E-state index contributed by atoms with van der Waals surface area (Å²) in [4.78, 5) is 44.7. The summed E-state index contributed by atoms with van der Waals surface area (Å²) in [6.07, 6.45) is 5.91. The number of aliphatic carboxylic acids is 1. The highest BCUT2D eigenvalue weighted by Gasteiger charge is 2.21. The van der Waals surface area contributed by atoms with Gasteiger partial charge in [-0.3, -0.25) is 14.2 Å². The Hall–Kier alpha value is -3.94. The number of aromatic nitrogens is 2. The third kappa shape index (κ3) is 8.53. The molecule has 40 heavy (non-hydrogen) atoms. The van der Waals surface area contributed by atoms with Crippen LogP contribution in [0.5, 0.6) is 5.75 Å². The van der Waals surface area contributed by atoms with Gasteiger partial charge >= 0.3 is 5.97 Å².